The lowest BCUT2D eigenvalue weighted by Gasteiger charge is -2.01. The van der Waals surface area contributed by atoms with Crippen LogP contribution in [0.3, 0.4) is 0 Å². The molecule has 0 bridgehead atoms. The van der Waals surface area contributed by atoms with Gasteiger partial charge in [-0.05, 0) is 18.0 Å². The van der Waals surface area contributed by atoms with Crippen molar-refractivity contribution in [2.24, 2.45) is 0 Å². The Balaban J connectivity index is 2.84. The van der Waals surface area contributed by atoms with Gasteiger partial charge in [-0.3, -0.25) is 4.79 Å². The summed E-state index contributed by atoms with van der Waals surface area (Å²) in [6.07, 6.45) is 1.03. The first-order valence-corrected chi connectivity index (χ1v) is 5.06. The first kappa shape index (κ1) is 9.68. The third-order valence-corrected chi connectivity index (χ3v) is 3.03. The number of thiazole rings is 1. The van der Waals surface area contributed by atoms with Gasteiger partial charge >= 0.3 is 0 Å². The minimum atomic E-state index is -0.471. The number of nitrogens with zero attached hydrogens (tertiary/aromatic N) is 1. The molecule has 0 spiro atoms. The predicted molar refractivity (Wildman–Crippen MR) is 51.0 cm³/mol. The van der Waals surface area contributed by atoms with Crippen molar-refractivity contribution in [3.05, 3.63) is 16.1 Å². The summed E-state index contributed by atoms with van der Waals surface area (Å²) >= 11 is 6.76. The molecule has 1 aromatic rings. The van der Waals surface area contributed by atoms with Crippen molar-refractivity contribution in [1.82, 2.24) is 4.98 Å². The highest BCUT2D eigenvalue weighted by molar-refractivity contribution is 7.10. The molecule has 0 amide bonds. The van der Waals surface area contributed by atoms with E-state index in [1.807, 2.05) is 0 Å². The van der Waals surface area contributed by atoms with Crippen LogP contribution in [-0.2, 0) is 0 Å². The van der Waals surface area contributed by atoms with Crippen LogP contribution in [0.5, 0.6) is 0 Å². The van der Waals surface area contributed by atoms with E-state index in [4.69, 9.17) is 11.6 Å². The third kappa shape index (κ3) is 2.05. The lowest BCUT2D eigenvalue weighted by molar-refractivity contribution is 0.107. The van der Waals surface area contributed by atoms with Gasteiger partial charge in [-0.15, -0.1) is 11.3 Å². The van der Waals surface area contributed by atoms with Gasteiger partial charge in [0.1, 0.15) is 5.69 Å². The molecule has 4 heteroatoms. The lowest BCUT2D eigenvalue weighted by atomic mass is 10.1. The first-order valence-electron chi connectivity index (χ1n) is 3.80. The van der Waals surface area contributed by atoms with Crippen molar-refractivity contribution in [2.45, 2.75) is 26.2 Å². The van der Waals surface area contributed by atoms with Crippen molar-refractivity contribution in [3.8, 4) is 0 Å². The van der Waals surface area contributed by atoms with E-state index < -0.39 is 5.24 Å². The Bertz CT molecular complexity index is 284. The second-order valence-corrected chi connectivity index (χ2v) is 3.89. The first-order chi connectivity index (χ1) is 5.65. The zero-order valence-electron chi connectivity index (χ0n) is 7.00. The molecule has 1 rings (SSSR count). The third-order valence-electron chi connectivity index (χ3n) is 1.76. The summed E-state index contributed by atoms with van der Waals surface area (Å²) in [6.45, 7) is 4.18. The molecule has 0 N–H and O–H groups in total. The van der Waals surface area contributed by atoms with Crippen molar-refractivity contribution in [2.75, 3.05) is 0 Å². The maximum atomic E-state index is 10.7. The summed E-state index contributed by atoms with van der Waals surface area (Å²) in [5.74, 6) is 0.416. The fraction of sp³-hybridized carbons (Fsp3) is 0.500. The van der Waals surface area contributed by atoms with Crippen LogP contribution < -0.4 is 0 Å². The van der Waals surface area contributed by atoms with Gasteiger partial charge in [0, 0.05) is 11.3 Å². The van der Waals surface area contributed by atoms with Gasteiger partial charge in [0.05, 0.1) is 5.01 Å². The molecule has 0 fully saturated rings. The fourth-order valence-electron chi connectivity index (χ4n) is 0.779. The maximum Gasteiger partial charge on any atom is 0.271 e. The normalized spacial score (nSPS) is 12.9. The van der Waals surface area contributed by atoms with Crippen LogP contribution in [0.1, 0.15) is 41.7 Å². The minimum Gasteiger partial charge on any atom is -0.274 e. The molecule has 1 atom stereocenters. The highest BCUT2D eigenvalue weighted by Crippen LogP contribution is 2.22. The Kier molecular flexibility index (Phi) is 3.23. The predicted octanol–water partition coefficient (Wildman–Crippen LogP) is 3.04. The van der Waals surface area contributed by atoms with Crippen LogP contribution in [0.15, 0.2) is 5.38 Å². The molecular formula is C8H10ClNOS. The SMILES string of the molecule is CCC(C)c1nc(C(=O)Cl)cs1. The van der Waals surface area contributed by atoms with Crippen LogP contribution in [0.4, 0.5) is 0 Å². The van der Waals surface area contributed by atoms with Gasteiger partial charge in [0.2, 0.25) is 0 Å². The van der Waals surface area contributed by atoms with Crippen molar-refractivity contribution < 1.29 is 4.79 Å². The second kappa shape index (κ2) is 4.01. The van der Waals surface area contributed by atoms with Gasteiger partial charge in [-0.25, -0.2) is 4.98 Å². The Morgan fingerprint density at radius 1 is 1.83 bits per heavy atom. The number of hydrogen-bond acceptors (Lipinski definition) is 3. The summed E-state index contributed by atoms with van der Waals surface area (Å²) in [5, 5.41) is 2.22. The molecule has 66 valence electrons. The van der Waals surface area contributed by atoms with Crippen LogP contribution in [0.2, 0.25) is 0 Å². The van der Waals surface area contributed by atoms with Crippen LogP contribution in [-0.4, -0.2) is 10.2 Å². The van der Waals surface area contributed by atoms with E-state index in [1.165, 1.54) is 11.3 Å². The molecule has 0 saturated heterocycles. The monoisotopic (exact) mass is 203 g/mol. The van der Waals surface area contributed by atoms with Crippen LogP contribution >= 0.6 is 22.9 Å². The number of carbonyl (C=O) groups excluding carboxylic acids is 1. The Morgan fingerprint density at radius 2 is 2.50 bits per heavy atom. The summed E-state index contributed by atoms with van der Waals surface area (Å²) in [6, 6.07) is 0. The van der Waals surface area contributed by atoms with E-state index in [9.17, 15) is 4.79 Å². The van der Waals surface area contributed by atoms with E-state index in [1.54, 1.807) is 5.38 Å². The fourth-order valence-corrected chi connectivity index (χ4v) is 1.88. The molecule has 12 heavy (non-hydrogen) atoms. The van der Waals surface area contributed by atoms with Gasteiger partial charge in [-0.2, -0.15) is 0 Å². The largest absolute Gasteiger partial charge is 0.274 e. The quantitative estimate of drug-likeness (QED) is 0.707. The van der Waals surface area contributed by atoms with Crippen LogP contribution in [0.25, 0.3) is 0 Å². The maximum absolute atomic E-state index is 10.7. The number of halogens is 1. The summed E-state index contributed by atoms with van der Waals surface area (Å²) in [7, 11) is 0. The Morgan fingerprint density at radius 3 is 2.92 bits per heavy atom. The van der Waals surface area contributed by atoms with Crippen LogP contribution in [0, 0.1) is 0 Å². The van der Waals surface area contributed by atoms with E-state index in [0.29, 0.717) is 11.6 Å². The van der Waals surface area contributed by atoms with E-state index >= 15 is 0 Å². The smallest absolute Gasteiger partial charge is 0.271 e. The standard InChI is InChI=1S/C8H10ClNOS/c1-3-5(2)8-10-6(4-12-8)7(9)11/h4-5H,3H2,1-2H3. The Hall–Kier alpha value is -0.410. The molecule has 0 aliphatic carbocycles. The average Bonchev–Trinajstić information content (AvgIpc) is 2.51. The molecule has 0 saturated carbocycles. The average molecular weight is 204 g/mol. The highest BCUT2D eigenvalue weighted by Gasteiger charge is 2.11. The summed E-state index contributed by atoms with van der Waals surface area (Å²) in [4.78, 5) is 14.8. The highest BCUT2D eigenvalue weighted by atomic mass is 35.5. The number of carbonyl (C=O) groups is 1. The van der Waals surface area contributed by atoms with E-state index in [-0.39, 0.29) is 0 Å². The van der Waals surface area contributed by atoms with Gasteiger partial charge in [0.25, 0.3) is 5.24 Å². The number of rotatable bonds is 3. The summed E-state index contributed by atoms with van der Waals surface area (Å²) < 4.78 is 0. The van der Waals surface area contributed by atoms with Crippen molar-refractivity contribution >= 4 is 28.2 Å². The molecule has 0 aliphatic heterocycles. The Labute approximate surface area is 80.6 Å². The zero-order valence-corrected chi connectivity index (χ0v) is 8.58. The van der Waals surface area contributed by atoms with Crippen molar-refractivity contribution in [3.63, 3.8) is 0 Å². The topological polar surface area (TPSA) is 30.0 Å². The molecule has 0 aromatic carbocycles. The molecule has 1 unspecified atom stereocenters. The molecular weight excluding hydrogens is 194 g/mol. The van der Waals surface area contributed by atoms with Crippen molar-refractivity contribution in [1.29, 1.82) is 0 Å². The minimum absolute atomic E-state index is 0.372. The summed E-state index contributed by atoms with van der Waals surface area (Å²) in [5.41, 5.74) is 0.372. The molecule has 0 radical (unpaired) electrons. The molecule has 1 aromatic heterocycles. The van der Waals surface area contributed by atoms with E-state index in [2.05, 4.69) is 18.8 Å². The van der Waals surface area contributed by atoms with E-state index in [0.717, 1.165) is 11.4 Å². The molecule has 0 aliphatic rings. The van der Waals surface area contributed by atoms with Gasteiger partial charge in [0.15, 0.2) is 0 Å². The van der Waals surface area contributed by atoms with Gasteiger partial charge in [-0.1, -0.05) is 13.8 Å². The lowest BCUT2D eigenvalue weighted by Crippen LogP contribution is -1.93. The number of aromatic nitrogens is 1. The number of hydrogen-bond donors (Lipinski definition) is 0. The van der Waals surface area contributed by atoms with Gasteiger partial charge < -0.3 is 0 Å². The zero-order chi connectivity index (χ0) is 9.14. The molecule has 2 nitrogen and oxygen atoms in total. The second-order valence-electron chi connectivity index (χ2n) is 2.65. The molecule has 1 heterocycles.